The zero-order chi connectivity index (χ0) is 19.0. The molecule has 6 heteroatoms. The van der Waals surface area contributed by atoms with Gasteiger partial charge in [-0.3, -0.25) is 9.59 Å². The molecule has 0 radical (unpaired) electrons. The lowest BCUT2D eigenvalue weighted by molar-refractivity contribution is -0.124. The van der Waals surface area contributed by atoms with Gasteiger partial charge >= 0.3 is 0 Å². The Kier molecular flexibility index (Phi) is 5.26. The zero-order valence-electron chi connectivity index (χ0n) is 14.9. The molecule has 2 amide bonds. The van der Waals surface area contributed by atoms with E-state index in [9.17, 15) is 9.59 Å². The largest absolute Gasteiger partial charge is 0.325 e. The van der Waals surface area contributed by atoms with Gasteiger partial charge in [-0.1, -0.05) is 35.3 Å². The minimum Gasteiger partial charge on any atom is -0.325 e. The lowest BCUT2D eigenvalue weighted by Gasteiger charge is -2.39. The van der Waals surface area contributed by atoms with E-state index in [4.69, 9.17) is 23.2 Å². The molecular formula is C20H20Cl2N2O2. The summed E-state index contributed by atoms with van der Waals surface area (Å²) in [5.74, 6) is -0.350. The summed E-state index contributed by atoms with van der Waals surface area (Å²) >= 11 is 12.1. The lowest BCUT2D eigenvalue weighted by Crippen LogP contribution is -2.58. The van der Waals surface area contributed by atoms with Crippen molar-refractivity contribution >= 4 is 40.7 Å². The van der Waals surface area contributed by atoms with Gasteiger partial charge in [-0.15, -0.1) is 0 Å². The second-order valence-corrected chi connectivity index (χ2v) is 7.35. The van der Waals surface area contributed by atoms with Gasteiger partial charge in [0.2, 0.25) is 5.91 Å². The normalized spacial score (nSPS) is 17.6. The van der Waals surface area contributed by atoms with Gasteiger partial charge in [-0.25, -0.2) is 0 Å². The number of hydrogen-bond acceptors (Lipinski definition) is 2. The van der Waals surface area contributed by atoms with Crippen LogP contribution >= 0.6 is 23.2 Å². The van der Waals surface area contributed by atoms with E-state index in [1.54, 1.807) is 28.9 Å². The fourth-order valence-electron chi connectivity index (χ4n) is 3.23. The van der Waals surface area contributed by atoms with Gasteiger partial charge in [0, 0.05) is 23.8 Å². The first-order valence-corrected chi connectivity index (χ1v) is 9.20. The summed E-state index contributed by atoms with van der Waals surface area (Å²) in [6.45, 7) is 6.67. The molecule has 0 aliphatic carbocycles. The van der Waals surface area contributed by atoms with Crippen LogP contribution in [0.3, 0.4) is 0 Å². The summed E-state index contributed by atoms with van der Waals surface area (Å²) in [5, 5.41) is 0.759. The molecule has 1 atom stereocenters. The van der Waals surface area contributed by atoms with E-state index in [0.717, 1.165) is 16.8 Å². The molecule has 26 heavy (non-hydrogen) atoms. The Bertz CT molecular complexity index is 882. The monoisotopic (exact) mass is 390 g/mol. The highest BCUT2D eigenvalue weighted by atomic mass is 35.5. The van der Waals surface area contributed by atoms with Crippen molar-refractivity contribution in [3.05, 3.63) is 63.1 Å². The molecule has 0 N–H and O–H groups in total. The Morgan fingerprint density at radius 1 is 1.12 bits per heavy atom. The van der Waals surface area contributed by atoms with Gasteiger partial charge in [0.05, 0.1) is 10.6 Å². The highest BCUT2D eigenvalue weighted by Crippen LogP contribution is 2.28. The topological polar surface area (TPSA) is 40.6 Å². The maximum atomic E-state index is 13.0. The van der Waals surface area contributed by atoms with Crippen molar-refractivity contribution in [2.45, 2.75) is 26.8 Å². The van der Waals surface area contributed by atoms with Crippen LogP contribution in [0.1, 0.15) is 28.4 Å². The quantitative estimate of drug-likeness (QED) is 0.757. The Morgan fingerprint density at radius 3 is 2.54 bits per heavy atom. The third kappa shape index (κ3) is 3.31. The molecule has 0 bridgehead atoms. The molecule has 4 nitrogen and oxygen atoms in total. The molecular weight excluding hydrogens is 371 g/mol. The van der Waals surface area contributed by atoms with Gasteiger partial charge in [-0.2, -0.15) is 0 Å². The molecule has 0 aromatic heterocycles. The van der Waals surface area contributed by atoms with E-state index in [1.165, 1.54) is 6.07 Å². The second-order valence-electron chi connectivity index (χ2n) is 6.51. The van der Waals surface area contributed by atoms with Crippen LogP contribution < -0.4 is 4.90 Å². The first-order chi connectivity index (χ1) is 12.3. The SMILES string of the molecule is Cc1cccc(N2CCN(C(=O)c3ccc(Cl)cc3Cl)[C@@H](C)C2=O)c1C. The minimum absolute atomic E-state index is 0.0941. The van der Waals surface area contributed by atoms with E-state index >= 15 is 0 Å². The first-order valence-electron chi connectivity index (χ1n) is 8.45. The third-order valence-corrected chi connectivity index (χ3v) is 5.49. The number of amides is 2. The van der Waals surface area contributed by atoms with Crippen LogP contribution in [-0.4, -0.2) is 35.8 Å². The number of halogens is 2. The smallest absolute Gasteiger partial charge is 0.256 e. The summed E-state index contributed by atoms with van der Waals surface area (Å²) < 4.78 is 0. The number of carbonyl (C=O) groups is 2. The van der Waals surface area contributed by atoms with Gasteiger partial charge < -0.3 is 9.80 Å². The maximum Gasteiger partial charge on any atom is 0.256 e. The maximum absolute atomic E-state index is 13.0. The second kappa shape index (κ2) is 7.29. The average Bonchev–Trinajstić information content (AvgIpc) is 2.59. The third-order valence-electron chi connectivity index (χ3n) is 4.94. The molecule has 1 aliphatic rings. The van der Waals surface area contributed by atoms with Gasteiger partial charge in [0.25, 0.3) is 5.91 Å². The minimum atomic E-state index is -0.567. The van der Waals surface area contributed by atoms with Gasteiger partial charge in [-0.05, 0) is 56.2 Å². The molecule has 136 valence electrons. The van der Waals surface area contributed by atoms with E-state index in [1.807, 2.05) is 32.0 Å². The summed E-state index contributed by atoms with van der Waals surface area (Å²) in [5.41, 5.74) is 3.47. The molecule has 1 fully saturated rings. The Hall–Kier alpha value is -2.04. The first kappa shape index (κ1) is 18.7. The van der Waals surface area contributed by atoms with Gasteiger partial charge in [0.15, 0.2) is 0 Å². The predicted molar refractivity (Wildman–Crippen MR) is 105 cm³/mol. The predicted octanol–water partition coefficient (Wildman–Crippen LogP) is 4.49. The van der Waals surface area contributed by atoms with Gasteiger partial charge in [0.1, 0.15) is 6.04 Å². The molecule has 2 aromatic carbocycles. The summed E-state index contributed by atoms with van der Waals surface area (Å²) in [6, 6.07) is 10.1. The number of nitrogens with zero attached hydrogens (tertiary/aromatic N) is 2. The molecule has 2 aromatic rings. The Balaban J connectivity index is 1.86. The summed E-state index contributed by atoms with van der Waals surface area (Å²) in [4.78, 5) is 29.2. The van der Waals surface area contributed by atoms with Crippen LogP contribution in [0.2, 0.25) is 10.0 Å². The number of hydrogen-bond donors (Lipinski definition) is 0. The van der Waals surface area contributed by atoms with Crippen LogP contribution in [0.5, 0.6) is 0 Å². The van der Waals surface area contributed by atoms with Crippen molar-refractivity contribution in [3.8, 4) is 0 Å². The molecule has 0 saturated carbocycles. The van der Waals surface area contributed by atoms with Crippen molar-refractivity contribution < 1.29 is 9.59 Å². The Labute approximate surface area is 163 Å². The van der Waals surface area contributed by atoms with E-state index < -0.39 is 6.04 Å². The average molecular weight is 391 g/mol. The van der Waals surface area contributed by atoms with E-state index in [-0.39, 0.29) is 11.8 Å². The van der Waals surface area contributed by atoms with Crippen molar-refractivity contribution in [2.24, 2.45) is 0 Å². The van der Waals surface area contributed by atoms with Crippen LogP contribution in [0.25, 0.3) is 0 Å². The number of piperazine rings is 1. The zero-order valence-corrected chi connectivity index (χ0v) is 16.4. The van der Waals surface area contributed by atoms with Crippen LogP contribution in [0, 0.1) is 13.8 Å². The van der Waals surface area contributed by atoms with Crippen molar-refractivity contribution in [3.63, 3.8) is 0 Å². The highest BCUT2D eigenvalue weighted by molar-refractivity contribution is 6.36. The Morgan fingerprint density at radius 2 is 1.85 bits per heavy atom. The molecule has 0 spiro atoms. The number of aryl methyl sites for hydroxylation is 1. The molecule has 1 aliphatic heterocycles. The highest BCUT2D eigenvalue weighted by Gasteiger charge is 2.36. The molecule has 3 rings (SSSR count). The van der Waals surface area contributed by atoms with Crippen LogP contribution in [-0.2, 0) is 4.79 Å². The fraction of sp³-hybridized carbons (Fsp3) is 0.300. The molecule has 1 heterocycles. The number of rotatable bonds is 2. The van der Waals surface area contributed by atoms with Crippen molar-refractivity contribution in [2.75, 3.05) is 18.0 Å². The van der Waals surface area contributed by atoms with E-state index in [0.29, 0.717) is 28.7 Å². The van der Waals surface area contributed by atoms with Crippen LogP contribution in [0.4, 0.5) is 5.69 Å². The number of anilines is 1. The van der Waals surface area contributed by atoms with Crippen molar-refractivity contribution in [1.29, 1.82) is 0 Å². The fourth-order valence-corrected chi connectivity index (χ4v) is 3.72. The number of carbonyl (C=O) groups excluding carboxylic acids is 2. The van der Waals surface area contributed by atoms with Crippen LogP contribution in [0.15, 0.2) is 36.4 Å². The summed E-state index contributed by atoms with van der Waals surface area (Å²) in [7, 11) is 0. The van der Waals surface area contributed by atoms with Crippen molar-refractivity contribution in [1.82, 2.24) is 4.90 Å². The molecule has 0 unspecified atom stereocenters. The lowest BCUT2D eigenvalue weighted by atomic mass is 10.0. The summed E-state index contributed by atoms with van der Waals surface area (Å²) in [6.07, 6.45) is 0. The van der Waals surface area contributed by atoms with E-state index in [2.05, 4.69) is 0 Å². The molecule has 1 saturated heterocycles. The standard InChI is InChI=1S/C20H20Cl2N2O2/c1-12-5-4-6-18(13(12)2)24-10-9-23(14(3)19(24)25)20(26)16-8-7-15(21)11-17(16)22/h4-8,11,14H,9-10H2,1-3H3/t14-/m0/s1. The number of benzene rings is 2.